The van der Waals surface area contributed by atoms with Crippen molar-refractivity contribution in [3.63, 3.8) is 0 Å². The lowest BCUT2D eigenvalue weighted by molar-refractivity contribution is -0.137. The molecule has 1 aromatic heterocycles. The number of alkyl halides is 3. The van der Waals surface area contributed by atoms with Crippen LogP contribution in [0.3, 0.4) is 0 Å². The molecule has 1 heterocycles. The number of aryl methyl sites for hydroxylation is 1. The first kappa shape index (κ1) is 14.0. The van der Waals surface area contributed by atoms with Gasteiger partial charge in [0.2, 0.25) is 0 Å². The average molecular weight is 283 g/mol. The van der Waals surface area contributed by atoms with Crippen molar-refractivity contribution >= 4 is 17.3 Å². The highest BCUT2D eigenvalue weighted by Crippen LogP contribution is 2.32. The van der Waals surface area contributed by atoms with E-state index in [4.69, 9.17) is 5.73 Å². The number of nitrogens with one attached hydrogen (secondary N) is 2. The Morgan fingerprint density at radius 2 is 2.00 bits per heavy atom. The Morgan fingerprint density at radius 3 is 2.55 bits per heavy atom. The summed E-state index contributed by atoms with van der Waals surface area (Å²) in [5, 5.41) is 2.43. The van der Waals surface area contributed by atoms with E-state index in [0.29, 0.717) is 11.3 Å². The van der Waals surface area contributed by atoms with Gasteiger partial charge in [0.25, 0.3) is 5.91 Å². The van der Waals surface area contributed by atoms with E-state index in [1.165, 1.54) is 18.3 Å². The smallest absolute Gasteiger partial charge is 0.397 e. The summed E-state index contributed by atoms with van der Waals surface area (Å²) < 4.78 is 37.9. The summed E-state index contributed by atoms with van der Waals surface area (Å²) in [5.41, 5.74) is 5.84. The number of anilines is 2. The van der Waals surface area contributed by atoms with E-state index in [2.05, 4.69) is 10.3 Å². The molecule has 0 aliphatic rings. The van der Waals surface area contributed by atoms with E-state index in [1.54, 1.807) is 6.92 Å². The lowest BCUT2D eigenvalue weighted by Gasteiger charge is -2.12. The Labute approximate surface area is 112 Å². The van der Waals surface area contributed by atoms with E-state index in [9.17, 15) is 18.0 Å². The first-order valence-electron chi connectivity index (χ1n) is 5.70. The topological polar surface area (TPSA) is 70.9 Å². The maximum atomic E-state index is 12.6. The van der Waals surface area contributed by atoms with Gasteiger partial charge in [-0.05, 0) is 30.7 Å². The normalized spacial score (nSPS) is 11.4. The number of amides is 1. The van der Waals surface area contributed by atoms with Crippen molar-refractivity contribution in [1.29, 1.82) is 0 Å². The monoisotopic (exact) mass is 283 g/mol. The van der Waals surface area contributed by atoms with Gasteiger partial charge in [-0.2, -0.15) is 13.2 Å². The molecule has 0 radical (unpaired) electrons. The van der Waals surface area contributed by atoms with Crippen molar-refractivity contribution in [3.8, 4) is 0 Å². The first-order chi connectivity index (χ1) is 9.27. The molecular weight excluding hydrogens is 271 g/mol. The van der Waals surface area contributed by atoms with Crippen LogP contribution in [0.4, 0.5) is 24.5 Å². The maximum Gasteiger partial charge on any atom is 0.416 e. The lowest BCUT2D eigenvalue weighted by atomic mass is 10.1. The third-order valence-corrected chi connectivity index (χ3v) is 2.76. The van der Waals surface area contributed by atoms with Gasteiger partial charge in [-0.1, -0.05) is 6.07 Å². The number of H-pyrrole nitrogens is 1. The first-order valence-corrected chi connectivity index (χ1v) is 5.70. The molecule has 2 rings (SSSR count). The Balaban J connectivity index is 2.27. The molecule has 7 heteroatoms. The third kappa shape index (κ3) is 2.93. The highest BCUT2D eigenvalue weighted by atomic mass is 19.4. The minimum atomic E-state index is -4.45. The number of hydrogen-bond donors (Lipinski definition) is 3. The molecule has 0 atom stereocenters. The maximum absolute atomic E-state index is 12.6. The van der Waals surface area contributed by atoms with Crippen molar-refractivity contribution in [2.45, 2.75) is 13.1 Å². The summed E-state index contributed by atoms with van der Waals surface area (Å²) in [6.07, 6.45) is -3.03. The van der Waals surface area contributed by atoms with Crippen LogP contribution in [-0.4, -0.2) is 10.9 Å². The highest BCUT2D eigenvalue weighted by Gasteiger charge is 2.31. The molecule has 0 saturated heterocycles. The fraction of sp³-hybridized carbons (Fsp3) is 0.154. The Bertz CT molecular complexity index is 647. The summed E-state index contributed by atoms with van der Waals surface area (Å²) in [5.74, 6) is -0.552. The van der Waals surface area contributed by atoms with Crippen LogP contribution in [0.1, 0.15) is 21.6 Å². The van der Waals surface area contributed by atoms with Crippen LogP contribution < -0.4 is 11.1 Å². The summed E-state index contributed by atoms with van der Waals surface area (Å²) in [7, 11) is 0. The zero-order chi connectivity index (χ0) is 14.9. The summed E-state index contributed by atoms with van der Waals surface area (Å²) in [4.78, 5) is 14.5. The number of hydrogen-bond acceptors (Lipinski definition) is 2. The van der Waals surface area contributed by atoms with Crippen LogP contribution in [-0.2, 0) is 6.18 Å². The minimum Gasteiger partial charge on any atom is -0.397 e. The quantitative estimate of drug-likeness (QED) is 0.792. The number of carbonyl (C=O) groups excluding carboxylic acids is 1. The molecule has 0 aliphatic heterocycles. The van der Waals surface area contributed by atoms with Gasteiger partial charge in [0.05, 0.1) is 5.56 Å². The third-order valence-electron chi connectivity index (χ3n) is 2.76. The van der Waals surface area contributed by atoms with Gasteiger partial charge >= 0.3 is 6.18 Å². The van der Waals surface area contributed by atoms with E-state index in [1.807, 2.05) is 0 Å². The molecule has 0 aliphatic carbocycles. The Kier molecular flexibility index (Phi) is 3.44. The van der Waals surface area contributed by atoms with Crippen LogP contribution in [0.15, 0.2) is 30.5 Å². The number of aromatic nitrogens is 1. The molecule has 0 unspecified atom stereocenters. The van der Waals surface area contributed by atoms with E-state index in [0.717, 1.165) is 12.1 Å². The SMILES string of the molecule is Cc1ccc(C(F)(F)F)cc1NC(=O)c1cc(N)c[nH]1. The van der Waals surface area contributed by atoms with E-state index >= 15 is 0 Å². The fourth-order valence-corrected chi connectivity index (χ4v) is 1.66. The standard InChI is InChI=1S/C13H12F3N3O/c1-7-2-3-8(13(14,15)16)4-10(7)19-12(20)11-5-9(17)6-18-11/h2-6,18H,17H2,1H3,(H,19,20). The second kappa shape index (κ2) is 4.92. The second-order valence-corrected chi connectivity index (χ2v) is 4.33. The van der Waals surface area contributed by atoms with Crippen molar-refractivity contribution in [2.24, 2.45) is 0 Å². The van der Waals surface area contributed by atoms with Crippen LogP contribution in [0, 0.1) is 6.92 Å². The Morgan fingerprint density at radius 1 is 1.30 bits per heavy atom. The van der Waals surface area contributed by atoms with Crippen LogP contribution in [0.25, 0.3) is 0 Å². The summed E-state index contributed by atoms with van der Waals surface area (Å²) in [6.45, 7) is 1.61. The summed E-state index contributed by atoms with van der Waals surface area (Å²) in [6, 6.07) is 4.58. The van der Waals surface area contributed by atoms with Gasteiger partial charge in [-0.15, -0.1) is 0 Å². The predicted octanol–water partition coefficient (Wildman–Crippen LogP) is 3.18. The van der Waals surface area contributed by atoms with Crippen LogP contribution >= 0.6 is 0 Å². The van der Waals surface area contributed by atoms with Gasteiger partial charge in [0.1, 0.15) is 5.69 Å². The fourth-order valence-electron chi connectivity index (χ4n) is 1.66. The zero-order valence-corrected chi connectivity index (χ0v) is 10.5. The van der Waals surface area contributed by atoms with Crippen molar-refractivity contribution in [1.82, 2.24) is 4.98 Å². The largest absolute Gasteiger partial charge is 0.416 e. The van der Waals surface area contributed by atoms with Gasteiger partial charge in [0.15, 0.2) is 0 Å². The van der Waals surface area contributed by atoms with E-state index in [-0.39, 0.29) is 11.4 Å². The molecule has 1 aromatic carbocycles. The number of rotatable bonds is 2. The molecule has 0 bridgehead atoms. The molecule has 0 spiro atoms. The molecule has 1 amide bonds. The molecular formula is C13H12F3N3O. The number of benzene rings is 1. The number of halogens is 3. The second-order valence-electron chi connectivity index (χ2n) is 4.33. The number of nitrogen functional groups attached to an aromatic ring is 1. The van der Waals surface area contributed by atoms with Crippen LogP contribution in [0.5, 0.6) is 0 Å². The average Bonchev–Trinajstić information content (AvgIpc) is 2.77. The van der Waals surface area contributed by atoms with Gasteiger partial charge < -0.3 is 16.0 Å². The predicted molar refractivity (Wildman–Crippen MR) is 69.3 cm³/mol. The Hall–Kier alpha value is -2.44. The van der Waals surface area contributed by atoms with E-state index < -0.39 is 17.6 Å². The molecule has 4 nitrogen and oxygen atoms in total. The molecule has 4 N–H and O–H groups in total. The number of aromatic amines is 1. The van der Waals surface area contributed by atoms with Gasteiger partial charge in [-0.3, -0.25) is 4.79 Å². The zero-order valence-electron chi connectivity index (χ0n) is 10.5. The van der Waals surface area contributed by atoms with Gasteiger partial charge in [-0.25, -0.2) is 0 Å². The lowest BCUT2D eigenvalue weighted by Crippen LogP contribution is -2.14. The number of carbonyl (C=O) groups is 1. The number of nitrogens with two attached hydrogens (primary N) is 1. The van der Waals surface area contributed by atoms with Crippen molar-refractivity contribution in [3.05, 3.63) is 47.3 Å². The minimum absolute atomic E-state index is 0.109. The highest BCUT2D eigenvalue weighted by molar-refractivity contribution is 6.04. The molecule has 20 heavy (non-hydrogen) atoms. The molecule has 106 valence electrons. The molecule has 0 saturated carbocycles. The summed E-state index contributed by atoms with van der Waals surface area (Å²) >= 11 is 0. The molecule has 0 fully saturated rings. The van der Waals surface area contributed by atoms with Crippen molar-refractivity contribution in [2.75, 3.05) is 11.1 Å². The van der Waals surface area contributed by atoms with Crippen molar-refractivity contribution < 1.29 is 18.0 Å². The van der Waals surface area contributed by atoms with Gasteiger partial charge in [0, 0.05) is 17.6 Å². The molecule has 2 aromatic rings. The van der Waals surface area contributed by atoms with Crippen LogP contribution in [0.2, 0.25) is 0 Å².